The zero-order valence-corrected chi connectivity index (χ0v) is 13.8. The van der Waals surface area contributed by atoms with Crippen molar-refractivity contribution >= 4 is 28.9 Å². The molecule has 1 aromatic carbocycles. The average molecular weight is 347 g/mol. The van der Waals surface area contributed by atoms with Crippen molar-refractivity contribution in [1.29, 1.82) is 5.26 Å². The summed E-state index contributed by atoms with van der Waals surface area (Å²) in [5, 5.41) is 19.1. The van der Waals surface area contributed by atoms with E-state index in [0.717, 1.165) is 10.4 Å². The van der Waals surface area contributed by atoms with Crippen LogP contribution in [0.5, 0.6) is 0 Å². The Labute approximate surface area is 143 Å². The molecule has 1 saturated heterocycles. The van der Waals surface area contributed by atoms with E-state index >= 15 is 0 Å². The molecular weight excluding hydrogens is 332 g/mol. The molecule has 1 aliphatic rings. The predicted molar refractivity (Wildman–Crippen MR) is 89.6 cm³/mol. The number of halogens is 1. The van der Waals surface area contributed by atoms with Gasteiger partial charge in [-0.25, -0.2) is 0 Å². The third-order valence-corrected chi connectivity index (χ3v) is 5.39. The first-order chi connectivity index (χ1) is 11.1. The average Bonchev–Trinajstić information content (AvgIpc) is 3.15. The Hall–Kier alpha value is -1.87. The Morgan fingerprint density at radius 3 is 2.65 bits per heavy atom. The molecule has 3 rings (SSSR count). The molecule has 0 aliphatic carbocycles. The minimum absolute atomic E-state index is 0.0415. The number of carboxylic acids is 1. The van der Waals surface area contributed by atoms with Crippen LogP contribution in [0.1, 0.15) is 21.2 Å². The number of benzene rings is 1. The quantitative estimate of drug-likeness (QED) is 0.919. The van der Waals surface area contributed by atoms with Crippen LogP contribution in [0.3, 0.4) is 0 Å². The molecule has 1 aromatic heterocycles. The molecule has 0 unspecified atom stereocenters. The molecule has 2 atom stereocenters. The highest BCUT2D eigenvalue weighted by Crippen LogP contribution is 2.34. The topological polar surface area (TPSA) is 64.3 Å². The molecule has 118 valence electrons. The van der Waals surface area contributed by atoms with Gasteiger partial charge in [0.05, 0.1) is 5.92 Å². The van der Waals surface area contributed by atoms with Crippen LogP contribution in [-0.4, -0.2) is 29.1 Å². The lowest BCUT2D eigenvalue weighted by Gasteiger charge is -2.15. The Morgan fingerprint density at radius 2 is 2.04 bits per heavy atom. The van der Waals surface area contributed by atoms with Crippen molar-refractivity contribution in [3.05, 3.63) is 56.7 Å². The van der Waals surface area contributed by atoms with Crippen molar-refractivity contribution in [3.8, 4) is 6.07 Å². The molecule has 0 spiro atoms. The second-order valence-electron chi connectivity index (χ2n) is 5.67. The van der Waals surface area contributed by atoms with Crippen LogP contribution in [0, 0.1) is 17.2 Å². The van der Waals surface area contributed by atoms with Crippen molar-refractivity contribution in [3.63, 3.8) is 0 Å². The highest BCUT2D eigenvalue weighted by molar-refractivity contribution is 7.12. The van der Waals surface area contributed by atoms with Gasteiger partial charge in [-0.3, -0.25) is 9.69 Å². The standard InChI is InChI=1S/C17H15ClN2O2S/c18-12-3-1-11(2-4-12)15-9-20(10-16(15)17(21)22)8-14-6-5-13(7-19)23-14/h1-6,15-16H,8-10H2,(H,21,22)/t15-,16+/m0/s1. The molecule has 2 heterocycles. The first-order valence-electron chi connectivity index (χ1n) is 7.26. The summed E-state index contributed by atoms with van der Waals surface area (Å²) in [5.74, 6) is -1.23. The highest BCUT2D eigenvalue weighted by Gasteiger charge is 2.38. The van der Waals surface area contributed by atoms with Gasteiger partial charge in [-0.1, -0.05) is 23.7 Å². The van der Waals surface area contributed by atoms with Gasteiger partial charge >= 0.3 is 5.97 Å². The second kappa shape index (κ2) is 6.71. The maximum absolute atomic E-state index is 11.6. The molecule has 1 N–H and O–H groups in total. The molecule has 0 amide bonds. The highest BCUT2D eigenvalue weighted by atomic mass is 35.5. The SMILES string of the molecule is N#Cc1ccc(CN2C[C@@H](C(=O)O)[C@H](c3ccc(Cl)cc3)C2)s1. The number of thiophene rings is 1. The smallest absolute Gasteiger partial charge is 0.308 e. The molecule has 1 aliphatic heterocycles. The number of likely N-dealkylation sites (tertiary alicyclic amines) is 1. The maximum Gasteiger partial charge on any atom is 0.308 e. The molecule has 1 fully saturated rings. The van der Waals surface area contributed by atoms with E-state index < -0.39 is 11.9 Å². The largest absolute Gasteiger partial charge is 0.481 e. The number of nitrogens with zero attached hydrogens (tertiary/aromatic N) is 2. The van der Waals surface area contributed by atoms with Gasteiger partial charge in [-0.2, -0.15) is 5.26 Å². The van der Waals surface area contributed by atoms with Crippen LogP contribution in [0.4, 0.5) is 0 Å². The van der Waals surface area contributed by atoms with Gasteiger partial charge in [0, 0.05) is 35.5 Å². The number of nitriles is 1. The van der Waals surface area contributed by atoms with Gasteiger partial charge in [0.25, 0.3) is 0 Å². The van der Waals surface area contributed by atoms with Crippen LogP contribution in [0.2, 0.25) is 5.02 Å². The lowest BCUT2D eigenvalue weighted by molar-refractivity contribution is -0.141. The fourth-order valence-electron chi connectivity index (χ4n) is 3.06. The van der Waals surface area contributed by atoms with Gasteiger partial charge in [-0.15, -0.1) is 11.3 Å². The van der Waals surface area contributed by atoms with E-state index in [9.17, 15) is 9.90 Å². The lowest BCUT2D eigenvalue weighted by Crippen LogP contribution is -2.22. The van der Waals surface area contributed by atoms with E-state index in [1.54, 1.807) is 18.2 Å². The summed E-state index contributed by atoms with van der Waals surface area (Å²) in [7, 11) is 0. The monoisotopic (exact) mass is 346 g/mol. The zero-order chi connectivity index (χ0) is 16.4. The molecular formula is C17H15ClN2O2S. The molecule has 0 radical (unpaired) electrons. The van der Waals surface area contributed by atoms with Crippen molar-refractivity contribution in [2.75, 3.05) is 13.1 Å². The second-order valence-corrected chi connectivity index (χ2v) is 7.28. The third-order valence-electron chi connectivity index (χ3n) is 4.16. The summed E-state index contributed by atoms with van der Waals surface area (Å²) in [6.07, 6.45) is 0. The fraction of sp³-hybridized carbons (Fsp3) is 0.294. The van der Waals surface area contributed by atoms with E-state index in [-0.39, 0.29) is 5.92 Å². The number of aliphatic carboxylic acids is 1. The molecule has 6 heteroatoms. The summed E-state index contributed by atoms with van der Waals surface area (Å²) in [5.41, 5.74) is 1.01. The Balaban J connectivity index is 1.76. The Bertz CT molecular complexity index is 751. The van der Waals surface area contributed by atoms with Crippen molar-refractivity contribution in [2.45, 2.75) is 12.5 Å². The van der Waals surface area contributed by atoms with Crippen LogP contribution >= 0.6 is 22.9 Å². The van der Waals surface area contributed by atoms with E-state index in [0.29, 0.717) is 29.5 Å². The van der Waals surface area contributed by atoms with E-state index in [4.69, 9.17) is 16.9 Å². The van der Waals surface area contributed by atoms with Crippen LogP contribution in [0.25, 0.3) is 0 Å². The summed E-state index contributed by atoms with van der Waals surface area (Å²) >= 11 is 7.38. The lowest BCUT2D eigenvalue weighted by atomic mass is 9.89. The van der Waals surface area contributed by atoms with Crippen LogP contribution in [-0.2, 0) is 11.3 Å². The number of hydrogen-bond acceptors (Lipinski definition) is 4. The molecule has 0 saturated carbocycles. The summed E-state index contributed by atoms with van der Waals surface area (Å²) in [4.78, 5) is 15.5. The van der Waals surface area contributed by atoms with Crippen molar-refractivity contribution in [1.82, 2.24) is 4.90 Å². The molecule has 2 aromatic rings. The van der Waals surface area contributed by atoms with Crippen LogP contribution in [0.15, 0.2) is 36.4 Å². The minimum Gasteiger partial charge on any atom is -0.481 e. The van der Waals surface area contributed by atoms with Crippen LogP contribution < -0.4 is 0 Å². The minimum atomic E-state index is -0.767. The number of carbonyl (C=O) groups is 1. The van der Waals surface area contributed by atoms with Crippen molar-refractivity contribution < 1.29 is 9.90 Å². The van der Waals surface area contributed by atoms with Gasteiger partial charge in [-0.05, 0) is 29.8 Å². The Kier molecular flexibility index (Phi) is 4.67. The van der Waals surface area contributed by atoms with Gasteiger partial charge in [0.15, 0.2) is 0 Å². The van der Waals surface area contributed by atoms with Crippen molar-refractivity contribution in [2.24, 2.45) is 5.92 Å². The fourth-order valence-corrected chi connectivity index (χ4v) is 4.03. The zero-order valence-electron chi connectivity index (χ0n) is 12.3. The van der Waals surface area contributed by atoms with Gasteiger partial charge < -0.3 is 5.11 Å². The molecule has 0 bridgehead atoms. The van der Waals surface area contributed by atoms with E-state index in [1.165, 1.54) is 11.3 Å². The number of hydrogen-bond donors (Lipinski definition) is 1. The van der Waals surface area contributed by atoms with Gasteiger partial charge in [0.2, 0.25) is 0 Å². The first kappa shape index (κ1) is 16.0. The maximum atomic E-state index is 11.6. The third kappa shape index (κ3) is 3.56. The molecule has 4 nitrogen and oxygen atoms in total. The van der Waals surface area contributed by atoms with E-state index in [1.807, 2.05) is 18.2 Å². The first-order valence-corrected chi connectivity index (χ1v) is 8.45. The number of carboxylic acid groups (broad SMARTS) is 1. The normalized spacial score (nSPS) is 21.2. The summed E-state index contributed by atoms with van der Waals surface area (Å²) in [6, 6.07) is 13.3. The number of rotatable bonds is 4. The van der Waals surface area contributed by atoms with Gasteiger partial charge in [0.1, 0.15) is 10.9 Å². The van der Waals surface area contributed by atoms with E-state index in [2.05, 4.69) is 11.0 Å². The summed E-state index contributed by atoms with van der Waals surface area (Å²) < 4.78 is 0. The predicted octanol–water partition coefficient (Wildman–Crippen LogP) is 3.57. The Morgan fingerprint density at radius 1 is 1.30 bits per heavy atom. The summed E-state index contributed by atoms with van der Waals surface area (Å²) in [6.45, 7) is 1.89. The molecule has 23 heavy (non-hydrogen) atoms.